The number of hydrogen-bond acceptors (Lipinski definition) is 5. The molecule has 0 spiro atoms. The third-order valence-electron chi connectivity index (χ3n) is 0.967. The van der Waals surface area contributed by atoms with E-state index in [0.29, 0.717) is 0 Å². The number of rotatable bonds is 4. The van der Waals surface area contributed by atoms with E-state index in [1.54, 1.807) is 0 Å². The summed E-state index contributed by atoms with van der Waals surface area (Å²) in [6.07, 6.45) is -0.766. The highest BCUT2D eigenvalue weighted by atomic mass is 32.2. The van der Waals surface area contributed by atoms with Crippen LogP contribution in [0.2, 0.25) is 0 Å². The highest BCUT2D eigenvalue weighted by Gasteiger charge is 2.21. The maximum atomic E-state index is 10.1. The molecule has 74 valence electrons. The van der Waals surface area contributed by atoms with E-state index in [4.69, 9.17) is 14.2 Å². The summed E-state index contributed by atoms with van der Waals surface area (Å²) in [5, 5.41) is 8.54. The number of aliphatic hydroxyl groups is 1. The lowest BCUT2D eigenvalue weighted by Crippen LogP contribution is -2.23. The normalized spacial score (nSPS) is 15.9. The van der Waals surface area contributed by atoms with E-state index in [9.17, 15) is 16.8 Å². The molecule has 0 aromatic heterocycles. The van der Waals surface area contributed by atoms with E-state index >= 15 is 0 Å². The van der Waals surface area contributed by atoms with Gasteiger partial charge in [-0.25, -0.2) is 0 Å². The van der Waals surface area contributed by atoms with Crippen molar-refractivity contribution in [3.05, 3.63) is 0 Å². The summed E-state index contributed by atoms with van der Waals surface area (Å²) in [5.74, 6) is -0.923. The Morgan fingerprint density at radius 1 is 1.08 bits per heavy atom. The van der Waals surface area contributed by atoms with Gasteiger partial charge in [0.1, 0.15) is 0 Å². The molecule has 12 heavy (non-hydrogen) atoms. The zero-order chi connectivity index (χ0) is 9.99. The van der Waals surface area contributed by atoms with Crippen molar-refractivity contribution >= 4 is 20.2 Å². The molecule has 3 N–H and O–H groups in total. The predicted molar refractivity (Wildman–Crippen MR) is 38.6 cm³/mol. The van der Waals surface area contributed by atoms with Gasteiger partial charge in [-0.1, -0.05) is 0 Å². The Bertz CT molecular complexity index is 324. The van der Waals surface area contributed by atoms with Crippen molar-refractivity contribution in [2.75, 3.05) is 5.75 Å². The molecule has 0 fully saturated rings. The minimum Gasteiger partial charge on any atom is -0.375 e. The van der Waals surface area contributed by atoms with Crippen molar-refractivity contribution in [1.29, 1.82) is 0 Å². The van der Waals surface area contributed by atoms with E-state index in [1.807, 2.05) is 0 Å². The summed E-state index contributed by atoms with van der Waals surface area (Å²) in [6, 6.07) is 0. The first-order chi connectivity index (χ1) is 5.13. The lowest BCUT2D eigenvalue weighted by atomic mass is 10.5. The van der Waals surface area contributed by atoms with Gasteiger partial charge in [-0.2, -0.15) is 16.8 Å². The Balaban J connectivity index is 4.16. The first kappa shape index (κ1) is 11.8. The highest BCUT2D eigenvalue weighted by Crippen LogP contribution is 2.01. The van der Waals surface area contributed by atoms with Crippen LogP contribution in [0.15, 0.2) is 0 Å². The van der Waals surface area contributed by atoms with Crippen molar-refractivity contribution in [1.82, 2.24) is 0 Å². The minimum absolute atomic E-state index is 0.766. The standard InChI is InChI=1S/C3H8O7S2/c4-3(12(8,9)10)1-2-11(5,6)7/h3-4H,1-2H2,(H,5,6,7)(H,8,9,10)/t3-/m0/s1. The third-order valence-corrected chi connectivity index (χ3v) is 2.64. The SMILES string of the molecule is O=S(=O)(O)CC[C@@H](O)S(=O)(=O)O. The lowest BCUT2D eigenvalue weighted by Gasteiger charge is -2.04. The predicted octanol–water partition coefficient (Wildman–Crippen LogP) is -1.53. The summed E-state index contributed by atoms with van der Waals surface area (Å²) in [7, 11) is -8.96. The molecule has 0 aromatic carbocycles. The highest BCUT2D eigenvalue weighted by molar-refractivity contribution is 7.87. The molecule has 0 unspecified atom stereocenters. The molecule has 1 atom stereocenters. The van der Waals surface area contributed by atoms with Gasteiger partial charge in [0.25, 0.3) is 20.2 Å². The Morgan fingerprint density at radius 3 is 1.75 bits per heavy atom. The van der Waals surface area contributed by atoms with Crippen LogP contribution in [0.4, 0.5) is 0 Å². The van der Waals surface area contributed by atoms with Crippen molar-refractivity contribution in [3.63, 3.8) is 0 Å². The Labute approximate surface area is 69.5 Å². The van der Waals surface area contributed by atoms with Gasteiger partial charge in [-0.3, -0.25) is 9.11 Å². The first-order valence-corrected chi connectivity index (χ1v) is 5.84. The Hall–Kier alpha value is -0.220. The van der Waals surface area contributed by atoms with Crippen molar-refractivity contribution in [2.24, 2.45) is 0 Å². The summed E-state index contributed by atoms with van der Waals surface area (Å²) >= 11 is 0. The molecule has 0 heterocycles. The fraction of sp³-hybridized carbons (Fsp3) is 1.00. The smallest absolute Gasteiger partial charge is 0.292 e. The van der Waals surface area contributed by atoms with Crippen molar-refractivity contribution in [2.45, 2.75) is 11.9 Å². The maximum Gasteiger partial charge on any atom is 0.292 e. The monoisotopic (exact) mass is 220 g/mol. The number of aliphatic hydroxyl groups excluding tert-OH is 1. The average molecular weight is 220 g/mol. The molecule has 0 rings (SSSR count). The van der Waals surface area contributed by atoms with Crippen LogP contribution in [0.5, 0.6) is 0 Å². The molecule has 0 aliphatic carbocycles. The first-order valence-electron chi connectivity index (χ1n) is 2.72. The molecule has 0 saturated carbocycles. The summed E-state index contributed by atoms with van der Waals surface area (Å²) in [6.45, 7) is 0. The molecular formula is C3H8O7S2. The molecule has 7 nitrogen and oxygen atoms in total. The van der Waals surface area contributed by atoms with E-state index in [0.717, 1.165) is 0 Å². The van der Waals surface area contributed by atoms with Gasteiger partial charge in [0.05, 0.1) is 5.75 Å². The topological polar surface area (TPSA) is 129 Å². The van der Waals surface area contributed by atoms with Gasteiger partial charge in [0, 0.05) is 6.42 Å². The Kier molecular flexibility index (Phi) is 3.59. The maximum absolute atomic E-state index is 10.1. The largest absolute Gasteiger partial charge is 0.375 e. The van der Waals surface area contributed by atoms with Crippen LogP contribution in [0.25, 0.3) is 0 Å². The van der Waals surface area contributed by atoms with E-state index in [-0.39, 0.29) is 0 Å². The van der Waals surface area contributed by atoms with Gasteiger partial charge < -0.3 is 5.11 Å². The van der Waals surface area contributed by atoms with Crippen molar-refractivity contribution < 1.29 is 31.0 Å². The second-order valence-corrected chi connectivity index (χ2v) is 5.19. The molecular weight excluding hydrogens is 212 g/mol. The summed E-state index contributed by atoms with van der Waals surface area (Å²) in [4.78, 5) is 0. The zero-order valence-electron chi connectivity index (χ0n) is 5.78. The second-order valence-electron chi connectivity index (χ2n) is 2.04. The molecule has 0 amide bonds. The van der Waals surface area contributed by atoms with Crippen molar-refractivity contribution in [3.8, 4) is 0 Å². The lowest BCUT2D eigenvalue weighted by molar-refractivity contribution is 0.229. The molecule has 0 radical (unpaired) electrons. The fourth-order valence-electron chi connectivity index (χ4n) is 0.399. The molecule has 0 aliphatic rings. The van der Waals surface area contributed by atoms with E-state index < -0.39 is 37.8 Å². The zero-order valence-corrected chi connectivity index (χ0v) is 7.42. The van der Waals surface area contributed by atoms with Crippen LogP contribution in [-0.4, -0.2) is 42.2 Å². The molecule has 0 bridgehead atoms. The van der Waals surface area contributed by atoms with Gasteiger partial charge in [-0.15, -0.1) is 0 Å². The van der Waals surface area contributed by atoms with Gasteiger partial charge in [0.15, 0.2) is 5.44 Å². The van der Waals surface area contributed by atoms with Gasteiger partial charge >= 0.3 is 0 Å². The van der Waals surface area contributed by atoms with Gasteiger partial charge in [0.2, 0.25) is 0 Å². The quantitative estimate of drug-likeness (QED) is 0.490. The molecule has 0 aliphatic heterocycles. The number of hydrogen-bond donors (Lipinski definition) is 3. The van der Waals surface area contributed by atoms with Crippen LogP contribution < -0.4 is 0 Å². The van der Waals surface area contributed by atoms with E-state index in [1.165, 1.54) is 0 Å². The van der Waals surface area contributed by atoms with Crippen LogP contribution in [0.3, 0.4) is 0 Å². The molecule has 0 aromatic rings. The van der Waals surface area contributed by atoms with Crippen LogP contribution in [-0.2, 0) is 20.2 Å². The Morgan fingerprint density at radius 2 is 1.50 bits per heavy atom. The van der Waals surface area contributed by atoms with Crippen LogP contribution >= 0.6 is 0 Å². The summed E-state index contributed by atoms with van der Waals surface area (Å²) in [5.41, 5.74) is -2.18. The second kappa shape index (κ2) is 3.66. The van der Waals surface area contributed by atoms with Gasteiger partial charge in [-0.05, 0) is 0 Å². The average Bonchev–Trinajstić information content (AvgIpc) is 1.78. The molecule has 0 saturated heterocycles. The van der Waals surface area contributed by atoms with Crippen LogP contribution in [0.1, 0.15) is 6.42 Å². The minimum atomic E-state index is -4.65. The fourth-order valence-corrected chi connectivity index (χ4v) is 1.48. The van der Waals surface area contributed by atoms with Crippen LogP contribution in [0, 0.1) is 0 Å². The van der Waals surface area contributed by atoms with E-state index in [2.05, 4.69) is 0 Å². The molecule has 9 heteroatoms. The third kappa shape index (κ3) is 5.43. The summed E-state index contributed by atoms with van der Waals surface area (Å²) < 4.78 is 56.5.